The molecule has 0 bridgehead atoms. The summed E-state index contributed by atoms with van der Waals surface area (Å²) in [6, 6.07) is 18.3. The van der Waals surface area contributed by atoms with Crippen molar-refractivity contribution < 1.29 is 4.74 Å². The average molecular weight is 356 g/mol. The lowest BCUT2D eigenvalue weighted by atomic mass is 9.90. The molecule has 0 N–H and O–H groups in total. The maximum atomic E-state index is 5.96. The summed E-state index contributed by atoms with van der Waals surface area (Å²) in [4.78, 5) is 2.53. The molecule has 2 nitrogen and oxygen atoms in total. The minimum Gasteiger partial charge on any atom is -0.490 e. The molecule has 0 aliphatic carbocycles. The Bertz CT molecular complexity index is 645. The summed E-state index contributed by atoms with van der Waals surface area (Å²) in [5.41, 5.74) is 1.40. The molecule has 2 aromatic carbocycles. The number of para-hydroxylation sites is 1. The second-order valence-corrected chi connectivity index (χ2v) is 7.11. The molecule has 0 radical (unpaired) electrons. The number of halogens is 1. The number of hydrogen-bond donors (Lipinski definition) is 0. The van der Waals surface area contributed by atoms with Gasteiger partial charge < -0.3 is 4.74 Å². The van der Waals surface area contributed by atoms with Crippen LogP contribution in [0.2, 0.25) is 5.02 Å². The first-order valence-electron chi connectivity index (χ1n) is 9.09. The molecule has 25 heavy (non-hydrogen) atoms. The van der Waals surface area contributed by atoms with E-state index in [-0.39, 0.29) is 0 Å². The Balaban J connectivity index is 1.32. The van der Waals surface area contributed by atoms with E-state index in [1.165, 1.54) is 37.9 Å². The third-order valence-electron chi connectivity index (χ3n) is 4.76. The molecule has 2 aromatic rings. The van der Waals surface area contributed by atoms with Crippen LogP contribution < -0.4 is 4.74 Å². The Morgan fingerprint density at radius 2 is 1.68 bits per heavy atom. The minimum absolute atomic E-state index is 0.636. The lowest BCUT2D eigenvalue weighted by Gasteiger charge is -2.31. The van der Waals surface area contributed by atoms with E-state index in [2.05, 4.69) is 29.2 Å². The van der Waals surface area contributed by atoms with Gasteiger partial charge in [-0.3, -0.25) is 4.90 Å². The Labute approximate surface area is 156 Å². The Morgan fingerprint density at radius 3 is 2.40 bits per heavy atom. The molecule has 132 valence electrons. The van der Waals surface area contributed by atoms with Crippen molar-refractivity contribution in [2.24, 2.45) is 5.92 Å². The molecule has 3 heteroatoms. The van der Waals surface area contributed by atoms with E-state index in [4.69, 9.17) is 16.3 Å². The largest absolute Gasteiger partial charge is 0.490 e. The van der Waals surface area contributed by atoms with Crippen LogP contribution >= 0.6 is 11.6 Å². The van der Waals surface area contributed by atoms with E-state index < -0.39 is 0 Å². The predicted octanol–water partition coefficient (Wildman–Crippen LogP) is 5.23. The van der Waals surface area contributed by atoms with Crippen LogP contribution in [0.3, 0.4) is 0 Å². The summed E-state index contributed by atoms with van der Waals surface area (Å²) in [6.07, 6.45) is 8.06. The van der Waals surface area contributed by atoms with Gasteiger partial charge in [0.2, 0.25) is 0 Å². The van der Waals surface area contributed by atoms with Gasteiger partial charge in [0.15, 0.2) is 0 Å². The highest BCUT2D eigenvalue weighted by Gasteiger charge is 2.18. The van der Waals surface area contributed by atoms with Gasteiger partial charge in [0, 0.05) is 11.6 Å². The normalized spacial score (nSPS) is 16.4. The highest BCUT2D eigenvalue weighted by Crippen LogP contribution is 2.22. The molecular formula is C22H26ClNO. The Morgan fingerprint density at radius 1 is 0.960 bits per heavy atom. The second-order valence-electron chi connectivity index (χ2n) is 6.67. The molecule has 3 rings (SSSR count). The number of likely N-dealkylation sites (tertiary alicyclic amines) is 1. The van der Waals surface area contributed by atoms with Crippen molar-refractivity contribution >= 4 is 11.6 Å². The van der Waals surface area contributed by atoms with Gasteiger partial charge in [-0.25, -0.2) is 0 Å². The number of hydrogen-bond acceptors (Lipinski definition) is 2. The van der Waals surface area contributed by atoms with Crippen LogP contribution in [0.5, 0.6) is 5.75 Å². The zero-order valence-corrected chi connectivity index (χ0v) is 15.4. The zero-order valence-electron chi connectivity index (χ0n) is 14.6. The van der Waals surface area contributed by atoms with Crippen molar-refractivity contribution in [3.05, 3.63) is 77.3 Å². The SMILES string of the molecule is Clc1ccc(CC2CCN(C/C=C/COc3ccccc3)CC2)cc1. The molecule has 1 aliphatic heterocycles. The fourth-order valence-corrected chi connectivity index (χ4v) is 3.41. The van der Waals surface area contributed by atoms with Crippen LogP contribution in [-0.2, 0) is 6.42 Å². The third kappa shape index (κ3) is 6.22. The van der Waals surface area contributed by atoms with Gasteiger partial charge in [-0.2, -0.15) is 0 Å². The standard InChI is InChI=1S/C22H26ClNO/c23-21-10-8-19(9-11-21)18-20-12-15-24(16-13-20)14-4-5-17-25-22-6-2-1-3-7-22/h1-11,20H,12-18H2/b5-4+. The zero-order chi connectivity index (χ0) is 17.3. The van der Waals surface area contributed by atoms with Crippen LogP contribution in [0.4, 0.5) is 0 Å². The van der Waals surface area contributed by atoms with Crippen molar-refractivity contribution in [2.75, 3.05) is 26.2 Å². The summed E-state index contributed by atoms with van der Waals surface area (Å²) in [5, 5.41) is 0.821. The molecule has 1 fully saturated rings. The van der Waals surface area contributed by atoms with Gasteiger partial charge in [0.1, 0.15) is 12.4 Å². The van der Waals surface area contributed by atoms with Crippen LogP contribution in [0.15, 0.2) is 66.7 Å². The average Bonchev–Trinajstić information content (AvgIpc) is 2.65. The van der Waals surface area contributed by atoms with E-state index in [1.807, 2.05) is 42.5 Å². The van der Waals surface area contributed by atoms with Gasteiger partial charge in [-0.15, -0.1) is 0 Å². The van der Waals surface area contributed by atoms with Gasteiger partial charge in [0.25, 0.3) is 0 Å². The molecule has 1 aliphatic rings. The number of nitrogens with zero attached hydrogens (tertiary/aromatic N) is 1. The summed E-state index contributed by atoms with van der Waals surface area (Å²) in [7, 11) is 0. The smallest absolute Gasteiger partial charge is 0.119 e. The van der Waals surface area contributed by atoms with Gasteiger partial charge >= 0.3 is 0 Å². The van der Waals surface area contributed by atoms with E-state index in [9.17, 15) is 0 Å². The molecule has 0 aromatic heterocycles. The van der Waals surface area contributed by atoms with Gasteiger partial charge in [-0.05, 0) is 68.1 Å². The van der Waals surface area contributed by atoms with Crippen molar-refractivity contribution in [3.63, 3.8) is 0 Å². The Hall–Kier alpha value is -1.77. The molecule has 1 saturated heterocycles. The molecule has 1 heterocycles. The fourth-order valence-electron chi connectivity index (χ4n) is 3.28. The molecule has 0 atom stereocenters. The first kappa shape index (κ1) is 18.0. The van der Waals surface area contributed by atoms with Crippen LogP contribution in [-0.4, -0.2) is 31.1 Å². The summed E-state index contributed by atoms with van der Waals surface area (Å²) < 4.78 is 5.67. The molecule has 0 spiro atoms. The van der Waals surface area contributed by atoms with Crippen molar-refractivity contribution in [2.45, 2.75) is 19.3 Å². The van der Waals surface area contributed by atoms with Gasteiger partial charge in [0.05, 0.1) is 0 Å². The first-order valence-corrected chi connectivity index (χ1v) is 9.47. The predicted molar refractivity (Wildman–Crippen MR) is 105 cm³/mol. The number of piperidine rings is 1. The highest BCUT2D eigenvalue weighted by molar-refractivity contribution is 6.30. The van der Waals surface area contributed by atoms with Crippen molar-refractivity contribution in [1.29, 1.82) is 0 Å². The van der Waals surface area contributed by atoms with E-state index in [0.717, 1.165) is 23.2 Å². The van der Waals surface area contributed by atoms with E-state index >= 15 is 0 Å². The van der Waals surface area contributed by atoms with Crippen molar-refractivity contribution in [1.82, 2.24) is 4.90 Å². The quantitative estimate of drug-likeness (QED) is 0.630. The maximum Gasteiger partial charge on any atom is 0.119 e. The number of rotatable bonds is 7. The maximum absolute atomic E-state index is 5.96. The summed E-state index contributed by atoms with van der Waals surface area (Å²) in [6.45, 7) is 4.02. The lowest BCUT2D eigenvalue weighted by molar-refractivity contribution is 0.200. The van der Waals surface area contributed by atoms with E-state index in [1.54, 1.807) is 0 Å². The highest BCUT2D eigenvalue weighted by atomic mass is 35.5. The van der Waals surface area contributed by atoms with Gasteiger partial charge in [-0.1, -0.05) is 54.1 Å². The lowest BCUT2D eigenvalue weighted by Crippen LogP contribution is -2.34. The summed E-state index contributed by atoms with van der Waals surface area (Å²) >= 11 is 5.96. The third-order valence-corrected chi connectivity index (χ3v) is 5.02. The van der Waals surface area contributed by atoms with Crippen LogP contribution in [0, 0.1) is 5.92 Å². The van der Waals surface area contributed by atoms with Crippen LogP contribution in [0.25, 0.3) is 0 Å². The second kappa shape index (κ2) is 9.65. The minimum atomic E-state index is 0.636. The Kier molecular flexibility index (Phi) is 6.96. The monoisotopic (exact) mass is 355 g/mol. The van der Waals surface area contributed by atoms with Crippen molar-refractivity contribution in [3.8, 4) is 5.75 Å². The number of ether oxygens (including phenoxy) is 1. The van der Waals surface area contributed by atoms with Crippen LogP contribution in [0.1, 0.15) is 18.4 Å². The summed E-state index contributed by atoms with van der Waals surface area (Å²) in [5.74, 6) is 1.72. The topological polar surface area (TPSA) is 12.5 Å². The molecule has 0 amide bonds. The molecule has 0 saturated carbocycles. The molecule has 0 unspecified atom stereocenters. The fraction of sp³-hybridized carbons (Fsp3) is 0.364. The first-order chi connectivity index (χ1) is 12.3. The van der Waals surface area contributed by atoms with E-state index in [0.29, 0.717) is 6.61 Å². The molecular weight excluding hydrogens is 330 g/mol. The number of benzene rings is 2.